The van der Waals surface area contributed by atoms with Crippen LogP contribution < -0.4 is 5.32 Å². The fourth-order valence-corrected chi connectivity index (χ4v) is 4.63. The second-order valence-corrected chi connectivity index (χ2v) is 8.93. The maximum atomic E-state index is 12.5. The van der Waals surface area contributed by atoms with Crippen molar-refractivity contribution in [3.8, 4) is 11.3 Å². The topological polar surface area (TPSA) is 106 Å². The zero-order valence-corrected chi connectivity index (χ0v) is 19.5. The largest absolute Gasteiger partial charge is 0.481 e. The molecule has 8 heteroatoms. The number of anilines is 1. The third kappa shape index (κ3) is 5.62. The first kappa shape index (κ1) is 23.5. The Hall–Kier alpha value is -3.68. The van der Waals surface area contributed by atoms with Crippen molar-refractivity contribution in [3.63, 3.8) is 0 Å². The lowest BCUT2D eigenvalue weighted by molar-refractivity contribution is -0.138. The van der Waals surface area contributed by atoms with E-state index in [0.717, 1.165) is 36.8 Å². The first-order chi connectivity index (χ1) is 16.4. The normalized spacial score (nSPS) is 18.8. The number of rotatable bonds is 7. The average molecular weight is 463 g/mol. The van der Waals surface area contributed by atoms with Gasteiger partial charge in [0.15, 0.2) is 5.82 Å². The van der Waals surface area contributed by atoms with Crippen molar-refractivity contribution in [3.05, 3.63) is 65.7 Å². The van der Waals surface area contributed by atoms with Gasteiger partial charge in [-0.25, -0.2) is 9.48 Å². The summed E-state index contributed by atoms with van der Waals surface area (Å²) in [4.78, 5) is 23.5. The SMILES string of the molecule is CC(OC(=O)Nc1c(-c2ccc(C3CCC(CC(=O)O)CC3)cc2)nnn1C)c1ccccc1. The highest BCUT2D eigenvalue weighted by Crippen LogP contribution is 2.38. The lowest BCUT2D eigenvalue weighted by Crippen LogP contribution is -2.18. The van der Waals surface area contributed by atoms with Crippen molar-refractivity contribution in [2.75, 3.05) is 5.32 Å². The number of ether oxygens (including phenoxy) is 1. The lowest BCUT2D eigenvalue weighted by atomic mass is 9.77. The van der Waals surface area contributed by atoms with E-state index < -0.39 is 18.2 Å². The van der Waals surface area contributed by atoms with E-state index in [1.807, 2.05) is 49.4 Å². The van der Waals surface area contributed by atoms with Gasteiger partial charge in [-0.1, -0.05) is 59.8 Å². The molecule has 8 nitrogen and oxygen atoms in total. The maximum Gasteiger partial charge on any atom is 0.413 e. The number of nitrogens with one attached hydrogen (secondary N) is 1. The number of hydrogen-bond acceptors (Lipinski definition) is 5. The molecule has 1 saturated carbocycles. The van der Waals surface area contributed by atoms with Crippen LogP contribution in [0.25, 0.3) is 11.3 Å². The molecule has 0 radical (unpaired) electrons. The summed E-state index contributed by atoms with van der Waals surface area (Å²) in [5.74, 6) is 0.477. The molecule has 1 aromatic heterocycles. The molecule has 1 unspecified atom stereocenters. The van der Waals surface area contributed by atoms with Crippen LogP contribution >= 0.6 is 0 Å². The van der Waals surface area contributed by atoms with Crippen molar-refractivity contribution in [2.45, 2.75) is 51.0 Å². The summed E-state index contributed by atoms with van der Waals surface area (Å²) in [6.45, 7) is 1.82. The average Bonchev–Trinajstić information content (AvgIpc) is 3.19. The monoisotopic (exact) mass is 462 g/mol. The molecule has 0 spiro atoms. The third-order valence-corrected chi connectivity index (χ3v) is 6.57. The van der Waals surface area contributed by atoms with Crippen LogP contribution in [0.2, 0.25) is 0 Å². The van der Waals surface area contributed by atoms with E-state index in [1.54, 1.807) is 7.05 Å². The Morgan fingerprint density at radius 3 is 2.41 bits per heavy atom. The second kappa shape index (κ2) is 10.5. The number of carbonyl (C=O) groups is 2. The highest BCUT2D eigenvalue weighted by atomic mass is 16.6. The van der Waals surface area contributed by atoms with Gasteiger partial charge < -0.3 is 9.84 Å². The molecule has 178 valence electrons. The van der Waals surface area contributed by atoms with Crippen LogP contribution in [0.3, 0.4) is 0 Å². The fraction of sp³-hybridized carbons (Fsp3) is 0.385. The Bertz CT molecular complexity index is 1120. The third-order valence-electron chi connectivity index (χ3n) is 6.57. The van der Waals surface area contributed by atoms with Gasteiger partial charge in [-0.3, -0.25) is 10.1 Å². The van der Waals surface area contributed by atoms with Gasteiger partial charge in [-0.15, -0.1) is 5.10 Å². The highest BCUT2D eigenvalue weighted by Gasteiger charge is 2.24. The number of carbonyl (C=O) groups excluding carboxylic acids is 1. The van der Waals surface area contributed by atoms with Crippen LogP contribution in [0.15, 0.2) is 54.6 Å². The van der Waals surface area contributed by atoms with E-state index >= 15 is 0 Å². The highest BCUT2D eigenvalue weighted by molar-refractivity contribution is 5.88. The minimum atomic E-state index is -0.709. The van der Waals surface area contributed by atoms with Gasteiger partial charge in [0, 0.05) is 19.0 Å². The quantitative estimate of drug-likeness (QED) is 0.477. The van der Waals surface area contributed by atoms with Crippen molar-refractivity contribution in [1.82, 2.24) is 15.0 Å². The number of aryl methyl sites for hydroxylation is 1. The predicted octanol–water partition coefficient (Wildman–Crippen LogP) is 5.54. The molecule has 1 heterocycles. The minimum absolute atomic E-state index is 0.265. The van der Waals surface area contributed by atoms with Gasteiger partial charge >= 0.3 is 12.1 Å². The van der Waals surface area contributed by atoms with Gasteiger partial charge in [0.1, 0.15) is 11.8 Å². The summed E-state index contributed by atoms with van der Waals surface area (Å²) in [7, 11) is 1.72. The number of carboxylic acids is 1. The van der Waals surface area contributed by atoms with Gasteiger partial charge in [0.2, 0.25) is 0 Å². The second-order valence-electron chi connectivity index (χ2n) is 8.93. The smallest absolute Gasteiger partial charge is 0.413 e. The van der Waals surface area contributed by atoms with Gasteiger partial charge in [-0.05, 0) is 55.6 Å². The van der Waals surface area contributed by atoms with Gasteiger partial charge in [0.05, 0.1) is 0 Å². The fourth-order valence-electron chi connectivity index (χ4n) is 4.63. The van der Waals surface area contributed by atoms with Crippen LogP contribution in [0, 0.1) is 5.92 Å². The zero-order valence-electron chi connectivity index (χ0n) is 19.5. The van der Waals surface area contributed by atoms with E-state index in [9.17, 15) is 9.59 Å². The number of hydrogen-bond donors (Lipinski definition) is 2. The Kier molecular flexibility index (Phi) is 7.25. The van der Waals surface area contributed by atoms with E-state index in [1.165, 1.54) is 10.2 Å². The van der Waals surface area contributed by atoms with E-state index in [2.05, 4.69) is 27.8 Å². The first-order valence-corrected chi connectivity index (χ1v) is 11.6. The Morgan fingerprint density at radius 2 is 1.76 bits per heavy atom. The first-order valence-electron chi connectivity index (χ1n) is 11.6. The van der Waals surface area contributed by atoms with Gasteiger partial charge in [0.25, 0.3) is 0 Å². The van der Waals surface area contributed by atoms with Crippen molar-refractivity contribution in [2.24, 2.45) is 13.0 Å². The summed E-state index contributed by atoms with van der Waals surface area (Å²) in [5, 5.41) is 20.1. The molecule has 4 rings (SSSR count). The summed E-state index contributed by atoms with van der Waals surface area (Å²) in [5.41, 5.74) is 3.58. The van der Waals surface area contributed by atoms with E-state index in [0.29, 0.717) is 17.4 Å². The van der Waals surface area contributed by atoms with Crippen LogP contribution in [0.5, 0.6) is 0 Å². The predicted molar refractivity (Wildman–Crippen MR) is 128 cm³/mol. The molecule has 1 amide bonds. The van der Waals surface area contributed by atoms with Crippen LogP contribution in [-0.4, -0.2) is 32.2 Å². The van der Waals surface area contributed by atoms with Crippen molar-refractivity contribution >= 4 is 17.9 Å². The molecule has 2 aromatic carbocycles. The Balaban J connectivity index is 1.40. The summed E-state index contributed by atoms with van der Waals surface area (Å²) in [6, 6.07) is 17.7. The maximum absolute atomic E-state index is 12.5. The molecule has 0 saturated heterocycles. The minimum Gasteiger partial charge on any atom is -0.481 e. The summed E-state index contributed by atoms with van der Waals surface area (Å²) >= 11 is 0. The molecule has 1 aliphatic carbocycles. The van der Waals surface area contributed by atoms with Gasteiger partial charge in [-0.2, -0.15) is 0 Å². The number of nitrogens with zero attached hydrogens (tertiary/aromatic N) is 3. The molecule has 1 fully saturated rings. The number of amides is 1. The molecule has 0 bridgehead atoms. The molecule has 1 atom stereocenters. The van der Waals surface area contributed by atoms with Crippen LogP contribution in [-0.2, 0) is 16.6 Å². The van der Waals surface area contributed by atoms with E-state index in [-0.39, 0.29) is 12.3 Å². The molecule has 1 aliphatic rings. The molecule has 34 heavy (non-hydrogen) atoms. The zero-order chi connectivity index (χ0) is 24.1. The van der Waals surface area contributed by atoms with Crippen LogP contribution in [0.1, 0.15) is 62.2 Å². The summed E-state index contributed by atoms with van der Waals surface area (Å²) < 4.78 is 7.05. The number of benzene rings is 2. The van der Waals surface area contributed by atoms with Crippen molar-refractivity contribution in [1.29, 1.82) is 0 Å². The van der Waals surface area contributed by atoms with Crippen LogP contribution in [0.4, 0.5) is 10.6 Å². The molecular formula is C26H30N4O4. The Labute approximate surface area is 198 Å². The number of aliphatic carboxylic acids is 1. The lowest BCUT2D eigenvalue weighted by Gasteiger charge is -2.28. The van der Waals surface area contributed by atoms with E-state index in [4.69, 9.17) is 9.84 Å². The van der Waals surface area contributed by atoms with Crippen molar-refractivity contribution < 1.29 is 19.4 Å². The Morgan fingerprint density at radius 1 is 1.09 bits per heavy atom. The molecular weight excluding hydrogens is 432 g/mol. The molecule has 2 N–H and O–H groups in total. The standard InChI is InChI=1S/C26H30N4O4/c1-17(19-6-4-3-5-7-19)34-26(33)27-25-24(28-29-30(25)2)22-14-12-21(13-15-22)20-10-8-18(9-11-20)16-23(31)32/h3-7,12-15,17-18,20H,8-11,16H2,1-2H3,(H,27,33)(H,31,32). The molecule has 0 aliphatic heterocycles. The number of carboxylic acid groups (broad SMARTS) is 1. The number of aromatic nitrogens is 3. The summed E-state index contributed by atoms with van der Waals surface area (Å²) in [6.07, 6.45) is 3.19. The molecule has 3 aromatic rings.